The number of ether oxygens (including phenoxy) is 2. The minimum Gasteiger partial charge on any atom is -0.486 e. The number of nitriles is 1. The average Bonchev–Trinajstić information content (AvgIpc) is 3.33. The molecule has 3 aromatic rings. The molecular formula is C24H19F3N4O5S. The summed E-state index contributed by atoms with van der Waals surface area (Å²) in [4.78, 5) is 27.3. The van der Waals surface area contributed by atoms with Gasteiger partial charge in [0.1, 0.15) is 19.3 Å². The summed E-state index contributed by atoms with van der Waals surface area (Å²) in [6.07, 6.45) is -4.26. The first-order chi connectivity index (χ1) is 17.7. The van der Waals surface area contributed by atoms with Crippen molar-refractivity contribution >= 4 is 28.9 Å². The van der Waals surface area contributed by atoms with Crippen LogP contribution in [0.4, 0.5) is 18.9 Å². The Hall–Kier alpha value is -4.15. The summed E-state index contributed by atoms with van der Waals surface area (Å²) in [5.74, 6) is -1.72. The SMILES string of the molecule is N#Cc1c(NC(=O)c2nc3c(s2)CNCC3)cccc1-c1ccc2c(c1)OCCO2.O=C(O)C(F)(F)F. The topological polar surface area (TPSA) is 134 Å². The molecule has 13 heteroatoms. The van der Waals surface area contributed by atoms with E-state index >= 15 is 0 Å². The largest absolute Gasteiger partial charge is 0.490 e. The van der Waals surface area contributed by atoms with E-state index in [1.165, 1.54) is 11.3 Å². The Morgan fingerprint density at radius 3 is 2.57 bits per heavy atom. The van der Waals surface area contributed by atoms with E-state index in [1.54, 1.807) is 6.07 Å². The number of aliphatic carboxylic acids is 1. The highest BCUT2D eigenvalue weighted by Gasteiger charge is 2.38. The number of carboxylic acid groups (broad SMARTS) is 1. The van der Waals surface area contributed by atoms with Crippen LogP contribution >= 0.6 is 11.3 Å². The zero-order chi connectivity index (χ0) is 26.6. The minimum atomic E-state index is -5.08. The van der Waals surface area contributed by atoms with Crippen LogP contribution in [0.25, 0.3) is 11.1 Å². The number of carboxylic acids is 1. The van der Waals surface area contributed by atoms with E-state index in [4.69, 9.17) is 19.4 Å². The molecular weight excluding hydrogens is 513 g/mol. The van der Waals surface area contributed by atoms with Gasteiger partial charge in [0.25, 0.3) is 5.91 Å². The number of thiazole rings is 1. The molecule has 0 atom stereocenters. The molecule has 0 radical (unpaired) electrons. The normalized spacial score (nSPS) is 13.9. The van der Waals surface area contributed by atoms with Crippen molar-refractivity contribution in [1.82, 2.24) is 10.3 Å². The molecule has 0 fully saturated rings. The Kier molecular flexibility index (Phi) is 7.61. The number of carbonyl (C=O) groups excluding carboxylic acids is 1. The Morgan fingerprint density at radius 1 is 1.16 bits per heavy atom. The van der Waals surface area contributed by atoms with Gasteiger partial charge in [-0.25, -0.2) is 9.78 Å². The van der Waals surface area contributed by atoms with Gasteiger partial charge in [-0.05, 0) is 23.8 Å². The molecule has 9 nitrogen and oxygen atoms in total. The number of carbonyl (C=O) groups is 2. The van der Waals surface area contributed by atoms with E-state index < -0.39 is 12.1 Å². The zero-order valence-corrected chi connectivity index (χ0v) is 19.8. The summed E-state index contributed by atoms with van der Waals surface area (Å²) in [5.41, 5.74) is 3.37. The van der Waals surface area contributed by atoms with Crippen LogP contribution in [-0.4, -0.2) is 47.9 Å². The second-order valence-electron chi connectivity index (χ2n) is 7.77. The van der Waals surface area contributed by atoms with Gasteiger partial charge in [-0.3, -0.25) is 4.79 Å². The fraction of sp³-hybridized carbons (Fsp3) is 0.250. The molecule has 2 aliphatic rings. The second kappa shape index (κ2) is 10.9. The van der Waals surface area contributed by atoms with Crippen LogP contribution in [-0.2, 0) is 17.8 Å². The molecule has 0 unspecified atom stereocenters. The number of aromatic nitrogens is 1. The molecule has 0 saturated heterocycles. The summed E-state index contributed by atoms with van der Waals surface area (Å²) >= 11 is 1.39. The minimum absolute atomic E-state index is 0.301. The number of benzene rings is 2. The highest BCUT2D eigenvalue weighted by molar-refractivity contribution is 7.13. The van der Waals surface area contributed by atoms with Crippen molar-refractivity contribution in [2.24, 2.45) is 0 Å². The van der Waals surface area contributed by atoms with Crippen molar-refractivity contribution in [2.45, 2.75) is 19.1 Å². The van der Waals surface area contributed by atoms with Gasteiger partial charge in [-0.2, -0.15) is 18.4 Å². The number of hydrogen-bond acceptors (Lipinski definition) is 8. The fourth-order valence-electron chi connectivity index (χ4n) is 3.63. The molecule has 5 rings (SSSR count). The number of fused-ring (bicyclic) bond motifs is 2. The Labute approximate surface area is 212 Å². The third-order valence-corrected chi connectivity index (χ3v) is 6.41. The molecule has 3 N–H and O–H groups in total. The van der Waals surface area contributed by atoms with Crippen molar-refractivity contribution in [3.63, 3.8) is 0 Å². The van der Waals surface area contributed by atoms with Gasteiger partial charge < -0.3 is 25.2 Å². The number of nitrogens with one attached hydrogen (secondary N) is 2. The number of hydrogen-bond donors (Lipinski definition) is 3. The summed E-state index contributed by atoms with van der Waals surface area (Å²) in [6.45, 7) is 2.62. The van der Waals surface area contributed by atoms with Crippen molar-refractivity contribution in [3.8, 4) is 28.7 Å². The van der Waals surface area contributed by atoms with Crippen LogP contribution in [0.1, 0.15) is 25.9 Å². The smallest absolute Gasteiger partial charge is 0.486 e. The molecule has 0 aliphatic carbocycles. The van der Waals surface area contributed by atoms with Crippen LogP contribution in [0, 0.1) is 11.3 Å². The molecule has 3 heterocycles. The summed E-state index contributed by atoms with van der Waals surface area (Å²) in [6, 6.07) is 13.2. The van der Waals surface area contributed by atoms with Gasteiger partial charge in [-0.15, -0.1) is 11.3 Å². The van der Waals surface area contributed by atoms with Gasteiger partial charge in [-0.1, -0.05) is 18.2 Å². The molecule has 2 aromatic carbocycles. The first kappa shape index (κ1) is 25.9. The highest BCUT2D eigenvalue weighted by atomic mass is 32.1. The number of nitrogens with zero attached hydrogens (tertiary/aromatic N) is 2. The number of rotatable bonds is 3. The van der Waals surface area contributed by atoms with Gasteiger partial charge in [0.2, 0.25) is 0 Å². The van der Waals surface area contributed by atoms with E-state index in [0.717, 1.165) is 41.2 Å². The number of amides is 1. The van der Waals surface area contributed by atoms with Crippen molar-refractivity contribution < 1.29 is 37.3 Å². The molecule has 0 spiro atoms. The molecule has 2 aliphatic heterocycles. The van der Waals surface area contributed by atoms with Crippen LogP contribution in [0.3, 0.4) is 0 Å². The van der Waals surface area contributed by atoms with Gasteiger partial charge in [0.05, 0.1) is 16.9 Å². The molecule has 1 aromatic heterocycles. The Balaban J connectivity index is 0.000000405. The predicted molar refractivity (Wildman–Crippen MR) is 127 cm³/mol. The summed E-state index contributed by atoms with van der Waals surface area (Å²) in [5, 5.41) is 23.5. The second-order valence-corrected chi connectivity index (χ2v) is 8.85. The zero-order valence-electron chi connectivity index (χ0n) is 19.0. The van der Waals surface area contributed by atoms with E-state index in [9.17, 15) is 23.2 Å². The molecule has 0 bridgehead atoms. The first-order valence-electron chi connectivity index (χ1n) is 10.9. The van der Waals surface area contributed by atoms with Gasteiger partial charge in [0.15, 0.2) is 16.5 Å². The lowest BCUT2D eigenvalue weighted by molar-refractivity contribution is -0.192. The van der Waals surface area contributed by atoms with Gasteiger partial charge in [0, 0.05) is 30.0 Å². The lowest BCUT2D eigenvalue weighted by Gasteiger charge is -2.19. The maximum atomic E-state index is 12.8. The highest BCUT2D eigenvalue weighted by Crippen LogP contribution is 2.37. The van der Waals surface area contributed by atoms with Crippen LogP contribution in [0.5, 0.6) is 11.5 Å². The van der Waals surface area contributed by atoms with E-state index in [-0.39, 0.29) is 5.91 Å². The van der Waals surface area contributed by atoms with Crippen LogP contribution in [0.15, 0.2) is 36.4 Å². The fourth-order valence-corrected chi connectivity index (χ4v) is 4.60. The Morgan fingerprint density at radius 2 is 1.89 bits per heavy atom. The van der Waals surface area contributed by atoms with Gasteiger partial charge >= 0.3 is 12.1 Å². The Bertz CT molecular complexity index is 1360. The average molecular weight is 533 g/mol. The standard InChI is InChI=1S/C22H18N4O3S.C2HF3O2/c23-11-15-14(13-4-5-18-19(10-13)29-9-8-28-18)2-1-3-16(15)25-21(27)22-26-17-6-7-24-12-20(17)30-22;3-2(4,5)1(6)7/h1-5,10,24H,6-9,12H2,(H,25,27);(H,6,7). The maximum Gasteiger partial charge on any atom is 0.490 e. The third-order valence-electron chi connectivity index (χ3n) is 5.32. The molecule has 37 heavy (non-hydrogen) atoms. The third kappa shape index (κ3) is 5.99. The van der Waals surface area contributed by atoms with Crippen LogP contribution < -0.4 is 20.1 Å². The maximum absolute atomic E-state index is 12.8. The predicted octanol–water partition coefficient (Wildman–Crippen LogP) is 3.98. The molecule has 1 amide bonds. The van der Waals surface area contributed by atoms with E-state index in [0.29, 0.717) is 41.0 Å². The van der Waals surface area contributed by atoms with Crippen molar-refractivity contribution in [2.75, 3.05) is 25.1 Å². The first-order valence-corrected chi connectivity index (χ1v) is 11.7. The summed E-state index contributed by atoms with van der Waals surface area (Å²) < 4.78 is 43.0. The lowest BCUT2D eigenvalue weighted by atomic mass is 9.98. The number of anilines is 1. The van der Waals surface area contributed by atoms with Crippen molar-refractivity contribution in [3.05, 3.63) is 57.5 Å². The monoisotopic (exact) mass is 532 g/mol. The lowest BCUT2D eigenvalue weighted by Crippen LogP contribution is -2.22. The molecule has 0 saturated carbocycles. The molecule has 192 valence electrons. The van der Waals surface area contributed by atoms with E-state index in [1.807, 2.05) is 30.3 Å². The number of alkyl halides is 3. The number of halogens is 3. The van der Waals surface area contributed by atoms with Crippen LogP contribution in [0.2, 0.25) is 0 Å². The van der Waals surface area contributed by atoms with E-state index in [2.05, 4.69) is 21.7 Å². The van der Waals surface area contributed by atoms with Crippen molar-refractivity contribution in [1.29, 1.82) is 5.26 Å². The quantitative estimate of drug-likeness (QED) is 0.461. The summed E-state index contributed by atoms with van der Waals surface area (Å²) in [7, 11) is 0.